The molecule has 2 rings (SSSR count). The van der Waals surface area contributed by atoms with Crippen molar-refractivity contribution in [3.05, 3.63) is 29.3 Å². The molecule has 1 aromatic rings. The zero-order chi connectivity index (χ0) is 18.8. The highest BCUT2D eigenvalue weighted by Gasteiger charge is 2.29. The molecule has 6 nitrogen and oxygen atoms in total. The average molecular weight is 350 g/mol. The zero-order valence-electron chi connectivity index (χ0n) is 15.7. The number of amides is 1. The summed E-state index contributed by atoms with van der Waals surface area (Å²) in [5.41, 5.74) is 7.59. The highest BCUT2D eigenvalue weighted by molar-refractivity contribution is 5.84. The van der Waals surface area contributed by atoms with Crippen molar-refractivity contribution < 1.29 is 19.1 Å². The van der Waals surface area contributed by atoms with Crippen LogP contribution in [0.2, 0.25) is 0 Å². The summed E-state index contributed by atoms with van der Waals surface area (Å²) in [6.07, 6.45) is 1.45. The largest absolute Gasteiger partial charge is 0.494 e. The van der Waals surface area contributed by atoms with Gasteiger partial charge in [0.1, 0.15) is 5.75 Å². The first-order valence-corrected chi connectivity index (χ1v) is 8.81. The number of rotatable bonds is 6. The van der Waals surface area contributed by atoms with Gasteiger partial charge in [0.05, 0.1) is 26.1 Å². The number of fused-ring (bicyclic) bond motifs is 1. The molecule has 1 atom stereocenters. The maximum Gasteiger partial charge on any atom is 0.306 e. The lowest BCUT2D eigenvalue weighted by Crippen LogP contribution is -2.32. The van der Waals surface area contributed by atoms with Crippen LogP contribution in [0.1, 0.15) is 37.8 Å². The van der Waals surface area contributed by atoms with E-state index in [1.807, 2.05) is 32.0 Å². The van der Waals surface area contributed by atoms with E-state index in [0.29, 0.717) is 26.1 Å². The number of esters is 1. The summed E-state index contributed by atoms with van der Waals surface area (Å²) in [6, 6.07) is 5.85. The van der Waals surface area contributed by atoms with Crippen LogP contribution in [0.5, 0.6) is 5.75 Å². The molecule has 1 aromatic carbocycles. The summed E-state index contributed by atoms with van der Waals surface area (Å²) < 4.78 is 10.4. The fraction of sp³-hybridized carbons (Fsp3) is 0.579. The van der Waals surface area contributed by atoms with Crippen molar-refractivity contribution in [1.29, 1.82) is 0 Å². The fourth-order valence-electron chi connectivity index (χ4n) is 2.75. The number of hydrogen-bond acceptors (Lipinski definition) is 5. The Morgan fingerprint density at radius 1 is 1.32 bits per heavy atom. The van der Waals surface area contributed by atoms with Crippen LogP contribution >= 0.6 is 0 Å². The minimum Gasteiger partial charge on any atom is -0.494 e. The van der Waals surface area contributed by atoms with Gasteiger partial charge in [-0.3, -0.25) is 9.59 Å². The Morgan fingerprint density at radius 2 is 2.04 bits per heavy atom. The van der Waals surface area contributed by atoms with Gasteiger partial charge in [-0.1, -0.05) is 19.9 Å². The lowest BCUT2D eigenvalue weighted by atomic mass is 9.94. The van der Waals surface area contributed by atoms with Gasteiger partial charge in [-0.15, -0.1) is 0 Å². The third kappa shape index (κ3) is 6.05. The van der Waals surface area contributed by atoms with Gasteiger partial charge in [-0.05, 0) is 42.6 Å². The monoisotopic (exact) mass is 350 g/mol. The predicted octanol–water partition coefficient (Wildman–Crippen LogP) is 2.13. The molecule has 1 amide bonds. The molecule has 1 unspecified atom stereocenters. The predicted molar refractivity (Wildman–Crippen MR) is 97.3 cm³/mol. The van der Waals surface area contributed by atoms with E-state index >= 15 is 0 Å². The molecule has 0 saturated heterocycles. The van der Waals surface area contributed by atoms with Crippen molar-refractivity contribution in [1.82, 2.24) is 4.90 Å². The number of benzene rings is 1. The molecule has 0 aliphatic carbocycles. The van der Waals surface area contributed by atoms with E-state index in [1.165, 1.54) is 7.11 Å². The molecule has 0 saturated carbocycles. The molecule has 1 heterocycles. The van der Waals surface area contributed by atoms with Crippen molar-refractivity contribution in [3.8, 4) is 5.75 Å². The van der Waals surface area contributed by atoms with E-state index < -0.39 is 0 Å². The maximum absolute atomic E-state index is 12.4. The number of nitrogens with two attached hydrogens (primary N) is 1. The van der Waals surface area contributed by atoms with E-state index in [2.05, 4.69) is 0 Å². The van der Waals surface area contributed by atoms with Crippen LogP contribution in [0.4, 0.5) is 0 Å². The van der Waals surface area contributed by atoms with Crippen LogP contribution in [0.15, 0.2) is 18.2 Å². The number of carbonyl (C=O) groups is 2. The van der Waals surface area contributed by atoms with Gasteiger partial charge >= 0.3 is 5.97 Å². The second-order valence-corrected chi connectivity index (χ2v) is 5.80. The number of nitrogens with zero attached hydrogens (tertiary/aromatic N) is 1. The van der Waals surface area contributed by atoms with E-state index in [1.54, 1.807) is 11.9 Å². The summed E-state index contributed by atoms with van der Waals surface area (Å²) in [6.45, 7) is 5.69. The third-order valence-corrected chi connectivity index (χ3v) is 4.03. The second kappa shape index (κ2) is 10.7. The fourth-order valence-corrected chi connectivity index (χ4v) is 2.75. The molecule has 0 aromatic heterocycles. The molecule has 0 bridgehead atoms. The number of ether oxygens (including phenoxy) is 2. The Balaban J connectivity index is 0.00000151. The molecule has 0 radical (unpaired) electrons. The van der Waals surface area contributed by atoms with E-state index in [9.17, 15) is 9.59 Å². The summed E-state index contributed by atoms with van der Waals surface area (Å²) in [7, 11) is 3.09. The van der Waals surface area contributed by atoms with Gasteiger partial charge in [0, 0.05) is 13.6 Å². The van der Waals surface area contributed by atoms with Gasteiger partial charge in [0.15, 0.2) is 0 Å². The Hall–Kier alpha value is -2.08. The SMILES string of the molecule is CC.COC(=O)CC1Cc2ccc(OCCCN)cc2CN(C)C1=O. The van der Waals surface area contributed by atoms with Gasteiger partial charge in [0.2, 0.25) is 5.91 Å². The topological polar surface area (TPSA) is 81.9 Å². The first-order valence-electron chi connectivity index (χ1n) is 8.81. The lowest BCUT2D eigenvalue weighted by Gasteiger charge is -2.19. The highest BCUT2D eigenvalue weighted by Crippen LogP contribution is 2.27. The van der Waals surface area contributed by atoms with Crippen molar-refractivity contribution in [3.63, 3.8) is 0 Å². The third-order valence-electron chi connectivity index (χ3n) is 4.03. The van der Waals surface area contributed by atoms with Gasteiger partial charge in [-0.2, -0.15) is 0 Å². The summed E-state index contributed by atoms with van der Waals surface area (Å²) >= 11 is 0. The Labute approximate surface area is 150 Å². The first-order chi connectivity index (χ1) is 12.0. The van der Waals surface area contributed by atoms with Crippen LogP contribution in [0.3, 0.4) is 0 Å². The highest BCUT2D eigenvalue weighted by atomic mass is 16.5. The van der Waals surface area contributed by atoms with Gasteiger partial charge in [0.25, 0.3) is 0 Å². The minimum absolute atomic E-state index is 0.0304. The van der Waals surface area contributed by atoms with Crippen LogP contribution in [-0.4, -0.2) is 44.1 Å². The number of carbonyl (C=O) groups excluding carboxylic acids is 2. The molecule has 2 N–H and O–H groups in total. The molecule has 1 aliphatic heterocycles. The Morgan fingerprint density at radius 3 is 2.68 bits per heavy atom. The maximum atomic E-state index is 12.4. The van der Waals surface area contributed by atoms with Crippen molar-refractivity contribution in [2.24, 2.45) is 11.7 Å². The molecular weight excluding hydrogens is 320 g/mol. The summed E-state index contributed by atoms with van der Waals surface area (Å²) in [4.78, 5) is 25.6. The van der Waals surface area contributed by atoms with Gasteiger partial charge < -0.3 is 20.1 Å². The molecule has 0 spiro atoms. The number of methoxy groups -OCH3 is 1. The van der Waals surface area contributed by atoms with Crippen LogP contribution in [0, 0.1) is 5.92 Å². The molecule has 1 aliphatic rings. The Kier molecular flexibility index (Phi) is 8.99. The normalized spacial score (nSPS) is 16.3. The Bertz CT molecular complexity index is 575. The standard InChI is InChI=1S/C17H24N2O4.C2H6/c1-19-11-14-9-15(23-7-3-6-18)5-4-12(14)8-13(17(19)21)10-16(20)22-2;1-2/h4-5,9,13H,3,6-8,10-11,18H2,1-2H3;1-2H3. The molecule has 25 heavy (non-hydrogen) atoms. The lowest BCUT2D eigenvalue weighted by molar-refractivity contribution is -0.146. The first kappa shape index (κ1) is 21.0. The quantitative estimate of drug-likeness (QED) is 0.628. The molecule has 0 fully saturated rings. The molecule has 6 heteroatoms. The summed E-state index contributed by atoms with van der Waals surface area (Å²) in [5, 5.41) is 0. The van der Waals surface area contributed by atoms with Crippen LogP contribution < -0.4 is 10.5 Å². The molecular formula is C19H30N2O4. The van der Waals surface area contributed by atoms with Crippen molar-refractivity contribution in [2.75, 3.05) is 27.3 Å². The van der Waals surface area contributed by atoms with E-state index in [-0.39, 0.29) is 24.2 Å². The average Bonchev–Trinajstić information content (AvgIpc) is 2.74. The second-order valence-electron chi connectivity index (χ2n) is 5.80. The van der Waals surface area contributed by atoms with Crippen LogP contribution in [0.25, 0.3) is 0 Å². The van der Waals surface area contributed by atoms with Gasteiger partial charge in [-0.25, -0.2) is 0 Å². The molecule has 140 valence electrons. The van der Waals surface area contributed by atoms with E-state index in [0.717, 1.165) is 23.3 Å². The van der Waals surface area contributed by atoms with Crippen molar-refractivity contribution in [2.45, 2.75) is 39.7 Å². The smallest absolute Gasteiger partial charge is 0.306 e. The zero-order valence-corrected chi connectivity index (χ0v) is 15.7. The van der Waals surface area contributed by atoms with E-state index in [4.69, 9.17) is 15.2 Å². The number of hydrogen-bond donors (Lipinski definition) is 1. The van der Waals surface area contributed by atoms with Crippen LogP contribution in [-0.2, 0) is 27.3 Å². The van der Waals surface area contributed by atoms with Crippen molar-refractivity contribution >= 4 is 11.9 Å². The minimum atomic E-state index is -0.377. The summed E-state index contributed by atoms with van der Waals surface area (Å²) in [5.74, 6) is 0.0151.